The van der Waals surface area contributed by atoms with Crippen LogP contribution in [0.2, 0.25) is 0 Å². The molecule has 1 saturated heterocycles. The van der Waals surface area contributed by atoms with Crippen molar-refractivity contribution in [2.45, 2.75) is 58.2 Å². The van der Waals surface area contributed by atoms with E-state index in [1.54, 1.807) is 0 Å². The largest absolute Gasteiger partial charge is 0.381 e. The highest BCUT2D eigenvalue weighted by Crippen LogP contribution is 2.43. The lowest BCUT2D eigenvalue weighted by molar-refractivity contribution is -0.118. The van der Waals surface area contributed by atoms with Gasteiger partial charge >= 0.3 is 0 Å². The lowest BCUT2D eigenvalue weighted by Gasteiger charge is -2.53. The van der Waals surface area contributed by atoms with E-state index in [9.17, 15) is 0 Å². The summed E-state index contributed by atoms with van der Waals surface area (Å²) in [6.45, 7) is 9.37. The summed E-state index contributed by atoms with van der Waals surface area (Å²) in [7, 11) is 0. The van der Waals surface area contributed by atoms with E-state index in [1.807, 2.05) is 0 Å². The number of hydrogen-bond acceptors (Lipinski definition) is 3. The number of ether oxygens (including phenoxy) is 2. The van der Waals surface area contributed by atoms with Crippen LogP contribution < -0.4 is 5.32 Å². The molecule has 1 aliphatic carbocycles. The van der Waals surface area contributed by atoms with Crippen LogP contribution >= 0.6 is 0 Å². The molecule has 16 heavy (non-hydrogen) atoms. The van der Waals surface area contributed by atoms with Gasteiger partial charge in [-0.05, 0) is 26.2 Å². The Morgan fingerprint density at radius 1 is 1.31 bits per heavy atom. The van der Waals surface area contributed by atoms with Gasteiger partial charge in [0.05, 0.1) is 6.10 Å². The Hall–Kier alpha value is -0.120. The third-order valence-corrected chi connectivity index (χ3v) is 4.20. The van der Waals surface area contributed by atoms with E-state index in [4.69, 9.17) is 9.47 Å². The molecule has 0 amide bonds. The standard InChI is InChI=1S/C13H25NO2/c1-4-16-12-9-11(13(12,2)3)14-10-5-7-15-8-6-10/h10-12,14H,4-9H2,1-3H3. The maximum atomic E-state index is 5.75. The summed E-state index contributed by atoms with van der Waals surface area (Å²) in [4.78, 5) is 0. The van der Waals surface area contributed by atoms with E-state index in [1.165, 1.54) is 0 Å². The summed E-state index contributed by atoms with van der Waals surface area (Å²) in [6.07, 6.45) is 3.92. The molecule has 2 fully saturated rings. The van der Waals surface area contributed by atoms with Crippen molar-refractivity contribution >= 4 is 0 Å². The van der Waals surface area contributed by atoms with E-state index >= 15 is 0 Å². The molecule has 2 atom stereocenters. The van der Waals surface area contributed by atoms with Gasteiger partial charge in [-0.25, -0.2) is 0 Å². The number of rotatable bonds is 4. The molecule has 1 saturated carbocycles. The average molecular weight is 227 g/mol. The van der Waals surface area contributed by atoms with Crippen LogP contribution in [0.1, 0.15) is 40.0 Å². The fourth-order valence-electron chi connectivity index (χ4n) is 2.80. The van der Waals surface area contributed by atoms with Crippen LogP contribution in [0.25, 0.3) is 0 Å². The molecular formula is C13H25NO2. The lowest BCUT2D eigenvalue weighted by Crippen LogP contribution is -2.63. The molecule has 94 valence electrons. The quantitative estimate of drug-likeness (QED) is 0.796. The van der Waals surface area contributed by atoms with Gasteiger partial charge in [0, 0.05) is 37.3 Å². The SMILES string of the molecule is CCOC1CC(NC2CCOCC2)C1(C)C. The highest BCUT2D eigenvalue weighted by molar-refractivity contribution is 5.03. The maximum absolute atomic E-state index is 5.75. The Kier molecular flexibility index (Phi) is 3.88. The van der Waals surface area contributed by atoms with Crippen molar-refractivity contribution < 1.29 is 9.47 Å². The van der Waals surface area contributed by atoms with E-state index in [0.29, 0.717) is 18.2 Å². The first kappa shape index (κ1) is 12.3. The van der Waals surface area contributed by atoms with Crippen LogP contribution in [0.3, 0.4) is 0 Å². The van der Waals surface area contributed by atoms with Crippen LogP contribution in [0.4, 0.5) is 0 Å². The smallest absolute Gasteiger partial charge is 0.0655 e. The molecule has 2 rings (SSSR count). The summed E-state index contributed by atoms with van der Waals surface area (Å²) >= 11 is 0. The highest BCUT2D eigenvalue weighted by atomic mass is 16.5. The van der Waals surface area contributed by atoms with Crippen molar-refractivity contribution in [3.8, 4) is 0 Å². The Labute approximate surface area is 98.9 Å². The Bertz CT molecular complexity index is 224. The zero-order chi connectivity index (χ0) is 11.6. The minimum absolute atomic E-state index is 0.286. The minimum atomic E-state index is 0.286. The second-order valence-electron chi connectivity index (χ2n) is 5.61. The molecule has 0 aromatic rings. The number of nitrogens with one attached hydrogen (secondary N) is 1. The average Bonchev–Trinajstić information content (AvgIpc) is 2.29. The van der Waals surface area contributed by atoms with Crippen molar-refractivity contribution in [3.05, 3.63) is 0 Å². The van der Waals surface area contributed by atoms with E-state index in [-0.39, 0.29) is 5.41 Å². The van der Waals surface area contributed by atoms with Gasteiger partial charge in [0.1, 0.15) is 0 Å². The molecule has 1 N–H and O–H groups in total. The second kappa shape index (κ2) is 5.03. The molecule has 3 heteroatoms. The maximum Gasteiger partial charge on any atom is 0.0655 e. The molecule has 0 aromatic carbocycles. The van der Waals surface area contributed by atoms with Gasteiger partial charge in [0.25, 0.3) is 0 Å². The topological polar surface area (TPSA) is 30.5 Å². The van der Waals surface area contributed by atoms with Crippen molar-refractivity contribution in [2.24, 2.45) is 5.41 Å². The molecular weight excluding hydrogens is 202 g/mol. The fourth-order valence-corrected chi connectivity index (χ4v) is 2.80. The summed E-state index contributed by atoms with van der Waals surface area (Å²) in [6, 6.07) is 1.27. The molecule has 2 unspecified atom stereocenters. The predicted octanol–water partition coefficient (Wildman–Crippen LogP) is 1.96. The molecule has 3 nitrogen and oxygen atoms in total. The first-order chi connectivity index (χ1) is 7.64. The molecule has 2 aliphatic rings. The number of hydrogen-bond donors (Lipinski definition) is 1. The molecule has 0 bridgehead atoms. The van der Waals surface area contributed by atoms with Gasteiger partial charge in [-0.3, -0.25) is 0 Å². The second-order valence-corrected chi connectivity index (χ2v) is 5.61. The van der Waals surface area contributed by atoms with Crippen molar-refractivity contribution in [2.75, 3.05) is 19.8 Å². The van der Waals surface area contributed by atoms with Gasteiger partial charge in [0.2, 0.25) is 0 Å². The van der Waals surface area contributed by atoms with Gasteiger partial charge in [0.15, 0.2) is 0 Å². The summed E-state index contributed by atoms with van der Waals surface area (Å²) in [5.74, 6) is 0. The highest BCUT2D eigenvalue weighted by Gasteiger charge is 2.49. The normalized spacial score (nSPS) is 34.7. The Morgan fingerprint density at radius 2 is 2.00 bits per heavy atom. The van der Waals surface area contributed by atoms with Crippen molar-refractivity contribution in [3.63, 3.8) is 0 Å². The fraction of sp³-hybridized carbons (Fsp3) is 1.00. The third kappa shape index (κ3) is 2.41. The van der Waals surface area contributed by atoms with Gasteiger partial charge in [-0.2, -0.15) is 0 Å². The molecule has 0 aromatic heterocycles. The Morgan fingerprint density at radius 3 is 2.56 bits per heavy atom. The minimum Gasteiger partial charge on any atom is -0.381 e. The third-order valence-electron chi connectivity index (χ3n) is 4.20. The summed E-state index contributed by atoms with van der Waals surface area (Å²) in [5.41, 5.74) is 0.286. The van der Waals surface area contributed by atoms with E-state index < -0.39 is 0 Å². The zero-order valence-electron chi connectivity index (χ0n) is 10.8. The van der Waals surface area contributed by atoms with Gasteiger partial charge < -0.3 is 14.8 Å². The first-order valence-corrected chi connectivity index (χ1v) is 6.60. The zero-order valence-corrected chi connectivity index (χ0v) is 10.8. The van der Waals surface area contributed by atoms with Crippen LogP contribution in [0.15, 0.2) is 0 Å². The van der Waals surface area contributed by atoms with Crippen LogP contribution in [0, 0.1) is 5.41 Å². The lowest BCUT2D eigenvalue weighted by atomic mass is 9.64. The van der Waals surface area contributed by atoms with Crippen molar-refractivity contribution in [1.29, 1.82) is 0 Å². The van der Waals surface area contributed by atoms with E-state index in [2.05, 4.69) is 26.1 Å². The summed E-state index contributed by atoms with van der Waals surface area (Å²) in [5, 5.41) is 3.77. The van der Waals surface area contributed by atoms with Gasteiger partial charge in [-0.1, -0.05) is 13.8 Å². The molecule has 1 heterocycles. The molecule has 0 radical (unpaired) electrons. The van der Waals surface area contributed by atoms with E-state index in [0.717, 1.165) is 39.1 Å². The van der Waals surface area contributed by atoms with Gasteiger partial charge in [-0.15, -0.1) is 0 Å². The predicted molar refractivity (Wildman–Crippen MR) is 64.6 cm³/mol. The summed E-state index contributed by atoms with van der Waals surface area (Å²) < 4.78 is 11.1. The monoisotopic (exact) mass is 227 g/mol. The van der Waals surface area contributed by atoms with Crippen LogP contribution in [-0.2, 0) is 9.47 Å². The first-order valence-electron chi connectivity index (χ1n) is 6.60. The van der Waals surface area contributed by atoms with Crippen LogP contribution in [0.5, 0.6) is 0 Å². The van der Waals surface area contributed by atoms with Crippen LogP contribution in [-0.4, -0.2) is 38.0 Å². The van der Waals surface area contributed by atoms with Crippen molar-refractivity contribution in [1.82, 2.24) is 5.32 Å². The molecule has 0 spiro atoms. The molecule has 1 aliphatic heterocycles. The Balaban J connectivity index is 1.79.